The lowest BCUT2D eigenvalue weighted by atomic mass is 9.78. The van der Waals surface area contributed by atoms with Crippen LogP contribution in [0.1, 0.15) is 44.0 Å². The smallest absolute Gasteiger partial charge is 0.255 e. The Morgan fingerprint density at radius 3 is 2.73 bits per heavy atom. The van der Waals surface area contributed by atoms with Crippen molar-refractivity contribution < 1.29 is 9.90 Å². The topological polar surface area (TPSA) is 62.5 Å². The predicted molar refractivity (Wildman–Crippen MR) is 85.8 cm³/mol. The second kappa shape index (κ2) is 6.24. The zero-order valence-corrected chi connectivity index (χ0v) is 13.9. The molecule has 2 atom stereocenters. The van der Waals surface area contributed by atoms with Gasteiger partial charge in [0.05, 0.1) is 11.2 Å². The molecule has 0 aliphatic carbocycles. The quantitative estimate of drug-likeness (QED) is 0.923. The van der Waals surface area contributed by atoms with Crippen molar-refractivity contribution >= 4 is 5.91 Å². The standard InChI is InChI=1S/C17H26N2O3/c1-12(2)9-14-11-19(8-7-17(14,3)22)16(21)13-5-6-15(20)18(4)10-13/h5-6,10,12,14,22H,7-9,11H2,1-4H3/t14-,17+/m0/s1. The number of nitrogens with zero attached hydrogens (tertiary/aromatic N) is 2. The van der Waals surface area contributed by atoms with E-state index in [4.69, 9.17) is 0 Å². The minimum Gasteiger partial charge on any atom is -0.390 e. The molecule has 5 heteroatoms. The van der Waals surface area contributed by atoms with Crippen molar-refractivity contribution in [1.82, 2.24) is 9.47 Å². The molecule has 22 heavy (non-hydrogen) atoms. The van der Waals surface area contributed by atoms with E-state index in [9.17, 15) is 14.7 Å². The van der Waals surface area contributed by atoms with Gasteiger partial charge >= 0.3 is 0 Å². The Labute approximate surface area is 131 Å². The van der Waals surface area contributed by atoms with Gasteiger partial charge in [0, 0.05) is 38.3 Å². The van der Waals surface area contributed by atoms with Crippen molar-refractivity contribution in [2.75, 3.05) is 13.1 Å². The number of piperidine rings is 1. The van der Waals surface area contributed by atoms with Crippen LogP contribution in [0.15, 0.2) is 23.1 Å². The van der Waals surface area contributed by atoms with E-state index < -0.39 is 5.60 Å². The average Bonchev–Trinajstić information content (AvgIpc) is 2.43. The van der Waals surface area contributed by atoms with Gasteiger partial charge in [-0.25, -0.2) is 0 Å². The minimum absolute atomic E-state index is 0.0696. The summed E-state index contributed by atoms with van der Waals surface area (Å²) in [6.45, 7) is 7.23. The molecule has 0 radical (unpaired) electrons. The van der Waals surface area contributed by atoms with E-state index in [1.54, 1.807) is 24.2 Å². The molecule has 0 unspecified atom stereocenters. The molecule has 0 aromatic carbocycles. The molecule has 2 rings (SSSR count). The molecule has 122 valence electrons. The van der Waals surface area contributed by atoms with E-state index in [2.05, 4.69) is 13.8 Å². The molecule has 1 saturated heterocycles. The average molecular weight is 306 g/mol. The van der Waals surface area contributed by atoms with Gasteiger partial charge < -0.3 is 14.6 Å². The third-order valence-corrected chi connectivity index (χ3v) is 4.58. The molecule has 1 amide bonds. The molecule has 1 N–H and O–H groups in total. The van der Waals surface area contributed by atoms with E-state index in [1.807, 2.05) is 6.92 Å². The van der Waals surface area contributed by atoms with Crippen molar-refractivity contribution in [3.8, 4) is 0 Å². The Kier molecular flexibility index (Phi) is 4.75. The molecule has 0 bridgehead atoms. The molecule has 1 aliphatic rings. The molecule has 1 aromatic rings. The number of pyridine rings is 1. The summed E-state index contributed by atoms with van der Waals surface area (Å²) in [7, 11) is 1.64. The maximum Gasteiger partial charge on any atom is 0.255 e. The van der Waals surface area contributed by atoms with Gasteiger partial charge in [-0.05, 0) is 31.7 Å². The molecular weight excluding hydrogens is 280 g/mol. The zero-order chi connectivity index (χ0) is 16.5. The number of aromatic nitrogens is 1. The number of carbonyl (C=O) groups excluding carboxylic acids is 1. The maximum absolute atomic E-state index is 12.6. The fourth-order valence-electron chi connectivity index (χ4n) is 3.10. The first kappa shape index (κ1) is 16.7. The number of hydrogen-bond acceptors (Lipinski definition) is 3. The summed E-state index contributed by atoms with van der Waals surface area (Å²) in [6.07, 6.45) is 3.06. The molecule has 0 spiro atoms. The van der Waals surface area contributed by atoms with Gasteiger partial charge in [-0.2, -0.15) is 0 Å². The lowest BCUT2D eigenvalue weighted by Gasteiger charge is -2.43. The van der Waals surface area contributed by atoms with E-state index in [-0.39, 0.29) is 17.4 Å². The molecule has 1 aromatic heterocycles. The highest BCUT2D eigenvalue weighted by atomic mass is 16.3. The van der Waals surface area contributed by atoms with Crippen LogP contribution in [-0.2, 0) is 7.05 Å². The molecule has 5 nitrogen and oxygen atoms in total. The number of hydrogen-bond donors (Lipinski definition) is 1. The van der Waals surface area contributed by atoms with E-state index in [0.29, 0.717) is 31.0 Å². The third-order valence-electron chi connectivity index (χ3n) is 4.58. The highest BCUT2D eigenvalue weighted by molar-refractivity contribution is 5.94. The Bertz CT molecular complexity index is 604. The summed E-state index contributed by atoms with van der Waals surface area (Å²) < 4.78 is 1.42. The lowest BCUT2D eigenvalue weighted by Crippen LogP contribution is -2.52. The Balaban J connectivity index is 2.16. The molecular formula is C17H26N2O3. The normalized spacial score (nSPS) is 25.5. The van der Waals surface area contributed by atoms with E-state index in [0.717, 1.165) is 6.42 Å². The third kappa shape index (κ3) is 3.58. The van der Waals surface area contributed by atoms with Crippen LogP contribution >= 0.6 is 0 Å². The van der Waals surface area contributed by atoms with E-state index in [1.165, 1.54) is 10.6 Å². The Morgan fingerprint density at radius 1 is 1.45 bits per heavy atom. The molecule has 2 heterocycles. The Hall–Kier alpha value is -1.62. The largest absolute Gasteiger partial charge is 0.390 e. The summed E-state index contributed by atoms with van der Waals surface area (Å²) in [5.74, 6) is 0.488. The molecule has 1 fully saturated rings. The van der Waals surface area contributed by atoms with E-state index >= 15 is 0 Å². The summed E-state index contributed by atoms with van der Waals surface area (Å²) in [5.41, 5.74) is -0.326. The highest BCUT2D eigenvalue weighted by Gasteiger charge is 2.39. The van der Waals surface area contributed by atoms with Gasteiger partial charge in [-0.3, -0.25) is 9.59 Å². The fourth-order valence-corrected chi connectivity index (χ4v) is 3.10. The number of carbonyl (C=O) groups is 1. The van der Waals surface area contributed by atoms with Crippen LogP contribution in [0.2, 0.25) is 0 Å². The summed E-state index contributed by atoms with van der Waals surface area (Å²) in [6, 6.07) is 2.99. The number of amides is 1. The maximum atomic E-state index is 12.6. The van der Waals surface area contributed by atoms with Crippen molar-refractivity contribution in [3.63, 3.8) is 0 Å². The van der Waals surface area contributed by atoms with Gasteiger partial charge in [-0.15, -0.1) is 0 Å². The van der Waals surface area contributed by atoms with Crippen LogP contribution < -0.4 is 5.56 Å². The van der Waals surface area contributed by atoms with Crippen molar-refractivity contribution in [1.29, 1.82) is 0 Å². The summed E-state index contributed by atoms with van der Waals surface area (Å²) in [5, 5.41) is 10.6. The van der Waals surface area contributed by atoms with Gasteiger partial charge in [0.25, 0.3) is 5.91 Å². The Morgan fingerprint density at radius 2 is 2.14 bits per heavy atom. The fraction of sp³-hybridized carbons (Fsp3) is 0.647. The highest BCUT2D eigenvalue weighted by Crippen LogP contribution is 2.32. The first-order chi connectivity index (χ1) is 10.2. The molecule has 1 aliphatic heterocycles. The van der Waals surface area contributed by atoms with Gasteiger partial charge in [0.2, 0.25) is 5.56 Å². The second-order valence-corrected chi connectivity index (χ2v) is 7.05. The first-order valence-corrected chi connectivity index (χ1v) is 7.89. The minimum atomic E-state index is -0.718. The van der Waals surface area contributed by atoms with Gasteiger partial charge in [0.1, 0.15) is 0 Å². The van der Waals surface area contributed by atoms with Gasteiger partial charge in [-0.1, -0.05) is 13.8 Å². The lowest BCUT2D eigenvalue weighted by molar-refractivity contribution is -0.0577. The summed E-state index contributed by atoms with van der Waals surface area (Å²) >= 11 is 0. The first-order valence-electron chi connectivity index (χ1n) is 7.89. The second-order valence-electron chi connectivity index (χ2n) is 7.05. The molecule has 0 saturated carbocycles. The SMILES string of the molecule is CC(C)C[C@H]1CN(C(=O)c2ccc(=O)n(C)c2)CC[C@@]1(C)O. The number of aliphatic hydroxyl groups is 1. The predicted octanol–water partition coefficient (Wildman–Crippen LogP) is 1.64. The van der Waals surface area contributed by atoms with Crippen LogP contribution in [0, 0.1) is 11.8 Å². The van der Waals surface area contributed by atoms with Crippen LogP contribution in [-0.4, -0.2) is 39.2 Å². The van der Waals surface area contributed by atoms with Gasteiger partial charge in [0.15, 0.2) is 0 Å². The van der Waals surface area contributed by atoms with Crippen LogP contribution in [0.5, 0.6) is 0 Å². The van der Waals surface area contributed by atoms with Crippen LogP contribution in [0.4, 0.5) is 0 Å². The number of likely N-dealkylation sites (tertiary alicyclic amines) is 1. The number of aryl methyl sites for hydroxylation is 1. The van der Waals surface area contributed by atoms with Crippen molar-refractivity contribution in [2.24, 2.45) is 18.9 Å². The zero-order valence-electron chi connectivity index (χ0n) is 13.9. The van der Waals surface area contributed by atoms with Crippen LogP contribution in [0.25, 0.3) is 0 Å². The van der Waals surface area contributed by atoms with Crippen LogP contribution in [0.3, 0.4) is 0 Å². The number of rotatable bonds is 3. The summed E-state index contributed by atoms with van der Waals surface area (Å²) in [4.78, 5) is 25.9. The van der Waals surface area contributed by atoms with Crippen molar-refractivity contribution in [3.05, 3.63) is 34.2 Å². The monoisotopic (exact) mass is 306 g/mol. The van der Waals surface area contributed by atoms with Crippen molar-refractivity contribution in [2.45, 2.75) is 39.2 Å².